The molecule has 0 spiro atoms. The molecule has 0 bridgehead atoms. The number of carbonyl (C=O) groups excluding carboxylic acids is 2. The number of nitrogens with one attached hydrogen (secondary N) is 2. The molecule has 0 aliphatic rings. The third kappa shape index (κ3) is 5.65. The summed E-state index contributed by atoms with van der Waals surface area (Å²) in [5, 5.41) is 2.56. The summed E-state index contributed by atoms with van der Waals surface area (Å²) in [6.45, 7) is 1.50. The van der Waals surface area contributed by atoms with Crippen LogP contribution in [0.4, 0.5) is 15.9 Å². The molecule has 178 valence electrons. The number of benzene rings is 2. The maximum absolute atomic E-state index is 13.3. The number of quaternary nitrogens is 1. The second-order valence-corrected chi connectivity index (χ2v) is 7.96. The number of likely N-dealkylation sites (N-methyl/N-ethyl adjacent to an activating group) is 1. The summed E-state index contributed by atoms with van der Waals surface area (Å²) in [5.74, 6) is -1.70. The standard InChI is InChI=1S/C24H26FN5O4/c1-3-29-23(33)21(22(26)30(24(29)34)13-16-8-5-4-6-9-16)19(31)14-28(2)15-20(32)27-18-11-7-10-17(25)12-18/h4-12H,3,13-15,26H2,1-2H3,(H,27,32)/p+1. The van der Waals surface area contributed by atoms with E-state index in [1.165, 1.54) is 22.8 Å². The summed E-state index contributed by atoms with van der Waals surface area (Å²) in [6, 6.07) is 14.5. The average molecular weight is 469 g/mol. The van der Waals surface area contributed by atoms with Crippen molar-refractivity contribution in [3.63, 3.8) is 0 Å². The van der Waals surface area contributed by atoms with Gasteiger partial charge in [0.2, 0.25) is 5.78 Å². The Morgan fingerprint density at radius 1 is 1.03 bits per heavy atom. The number of ketones is 1. The van der Waals surface area contributed by atoms with Crippen LogP contribution < -0.4 is 27.2 Å². The van der Waals surface area contributed by atoms with E-state index in [0.717, 1.165) is 10.1 Å². The van der Waals surface area contributed by atoms with Gasteiger partial charge in [0.1, 0.15) is 23.7 Å². The van der Waals surface area contributed by atoms with E-state index in [1.54, 1.807) is 20.0 Å². The van der Waals surface area contributed by atoms with E-state index in [-0.39, 0.29) is 37.6 Å². The summed E-state index contributed by atoms with van der Waals surface area (Å²) in [4.78, 5) is 51.6. The molecule has 9 nitrogen and oxygen atoms in total. The number of carbonyl (C=O) groups is 2. The van der Waals surface area contributed by atoms with Gasteiger partial charge in [0, 0.05) is 12.2 Å². The zero-order valence-corrected chi connectivity index (χ0v) is 19.0. The molecule has 34 heavy (non-hydrogen) atoms. The van der Waals surface area contributed by atoms with Gasteiger partial charge in [-0.15, -0.1) is 0 Å². The van der Waals surface area contributed by atoms with Crippen LogP contribution in [0.2, 0.25) is 0 Å². The maximum Gasteiger partial charge on any atom is 0.332 e. The van der Waals surface area contributed by atoms with Gasteiger partial charge in [-0.2, -0.15) is 0 Å². The smallest absolute Gasteiger partial charge is 0.332 e. The first-order valence-electron chi connectivity index (χ1n) is 10.8. The van der Waals surface area contributed by atoms with Crippen LogP contribution in [0.25, 0.3) is 0 Å². The molecule has 0 radical (unpaired) electrons. The van der Waals surface area contributed by atoms with Crippen molar-refractivity contribution in [1.29, 1.82) is 0 Å². The van der Waals surface area contributed by atoms with Gasteiger partial charge < -0.3 is 16.0 Å². The molecule has 0 saturated heterocycles. The van der Waals surface area contributed by atoms with Crippen molar-refractivity contribution >= 4 is 23.2 Å². The number of Topliss-reactive ketones (excluding diaryl/α,β-unsaturated/α-hetero) is 1. The van der Waals surface area contributed by atoms with Crippen LogP contribution in [0, 0.1) is 5.82 Å². The molecule has 0 saturated carbocycles. The van der Waals surface area contributed by atoms with Crippen LogP contribution in [0.1, 0.15) is 22.8 Å². The Morgan fingerprint density at radius 2 is 1.74 bits per heavy atom. The lowest BCUT2D eigenvalue weighted by Gasteiger charge is -2.17. The Kier molecular flexibility index (Phi) is 7.75. The Hall–Kier alpha value is -4.05. The molecule has 3 rings (SSSR count). The quantitative estimate of drug-likeness (QED) is 0.386. The van der Waals surface area contributed by atoms with E-state index in [0.29, 0.717) is 10.6 Å². The Bertz CT molecular complexity index is 1320. The van der Waals surface area contributed by atoms with Gasteiger partial charge in [0.25, 0.3) is 11.5 Å². The highest BCUT2D eigenvalue weighted by atomic mass is 19.1. The van der Waals surface area contributed by atoms with E-state index in [4.69, 9.17) is 5.73 Å². The highest BCUT2D eigenvalue weighted by molar-refractivity contribution is 6.00. The van der Waals surface area contributed by atoms with Crippen LogP contribution in [0.5, 0.6) is 0 Å². The highest BCUT2D eigenvalue weighted by Crippen LogP contribution is 2.10. The number of halogens is 1. The van der Waals surface area contributed by atoms with Gasteiger partial charge >= 0.3 is 5.69 Å². The Balaban J connectivity index is 1.81. The molecule has 4 N–H and O–H groups in total. The summed E-state index contributed by atoms with van der Waals surface area (Å²) < 4.78 is 15.5. The SMILES string of the molecule is CCn1c(=O)c(C(=O)C[NH+](C)CC(=O)Nc2cccc(F)c2)c(N)n(Cc2ccccc2)c1=O. The molecular weight excluding hydrogens is 441 g/mol. The molecule has 0 aliphatic carbocycles. The third-order valence-corrected chi connectivity index (χ3v) is 5.28. The number of rotatable bonds is 9. The molecular formula is C24H27FN5O4+. The van der Waals surface area contributed by atoms with Gasteiger partial charge in [-0.25, -0.2) is 9.18 Å². The summed E-state index contributed by atoms with van der Waals surface area (Å²) >= 11 is 0. The first-order valence-corrected chi connectivity index (χ1v) is 10.8. The molecule has 1 unspecified atom stereocenters. The minimum Gasteiger partial charge on any atom is -0.384 e. The molecule has 0 aliphatic heterocycles. The Morgan fingerprint density at radius 3 is 2.38 bits per heavy atom. The lowest BCUT2D eigenvalue weighted by molar-refractivity contribution is -0.861. The maximum atomic E-state index is 13.3. The van der Waals surface area contributed by atoms with Crippen LogP contribution in [0.3, 0.4) is 0 Å². The largest absolute Gasteiger partial charge is 0.384 e. The number of anilines is 2. The summed E-state index contributed by atoms with van der Waals surface area (Å²) in [7, 11) is 1.61. The fraction of sp³-hybridized carbons (Fsp3) is 0.250. The van der Waals surface area contributed by atoms with Gasteiger partial charge in [-0.05, 0) is 30.7 Å². The molecule has 10 heteroatoms. The zero-order valence-electron chi connectivity index (χ0n) is 19.0. The van der Waals surface area contributed by atoms with Gasteiger partial charge in [0.05, 0.1) is 13.6 Å². The van der Waals surface area contributed by atoms with Gasteiger partial charge in [0.15, 0.2) is 6.54 Å². The minimum absolute atomic E-state index is 0.0752. The molecule has 0 fully saturated rings. The van der Waals surface area contributed by atoms with Crippen molar-refractivity contribution < 1.29 is 18.9 Å². The topological polar surface area (TPSA) is 121 Å². The van der Waals surface area contributed by atoms with Gasteiger partial charge in [-0.3, -0.25) is 23.5 Å². The highest BCUT2D eigenvalue weighted by Gasteiger charge is 2.25. The molecule has 3 aromatic rings. The summed E-state index contributed by atoms with van der Waals surface area (Å²) in [6.07, 6.45) is 0. The van der Waals surface area contributed by atoms with Crippen LogP contribution in [-0.2, 0) is 17.9 Å². The fourth-order valence-corrected chi connectivity index (χ4v) is 3.65. The molecule has 1 aromatic heterocycles. The Labute approximate surface area is 195 Å². The van der Waals surface area contributed by atoms with Crippen molar-refractivity contribution in [2.24, 2.45) is 0 Å². The van der Waals surface area contributed by atoms with E-state index in [2.05, 4.69) is 5.32 Å². The van der Waals surface area contributed by atoms with Gasteiger partial charge in [-0.1, -0.05) is 36.4 Å². The van der Waals surface area contributed by atoms with Crippen molar-refractivity contribution in [2.75, 3.05) is 31.2 Å². The van der Waals surface area contributed by atoms with Crippen molar-refractivity contribution in [2.45, 2.75) is 20.0 Å². The van der Waals surface area contributed by atoms with Crippen molar-refractivity contribution in [3.05, 3.63) is 92.4 Å². The first kappa shape index (κ1) is 24.6. The number of aromatic nitrogens is 2. The molecule has 2 aromatic carbocycles. The zero-order chi connectivity index (χ0) is 24.8. The lowest BCUT2D eigenvalue weighted by Crippen LogP contribution is -3.11. The van der Waals surface area contributed by atoms with E-state index >= 15 is 0 Å². The van der Waals surface area contributed by atoms with Crippen LogP contribution in [0.15, 0.2) is 64.2 Å². The van der Waals surface area contributed by atoms with Crippen LogP contribution in [-0.4, -0.2) is 41.0 Å². The second kappa shape index (κ2) is 10.7. The number of hydrogen-bond acceptors (Lipinski definition) is 5. The number of nitrogens with two attached hydrogens (primary N) is 1. The van der Waals surface area contributed by atoms with Crippen molar-refractivity contribution in [3.8, 4) is 0 Å². The molecule has 1 amide bonds. The number of amides is 1. The predicted octanol–water partition coefficient (Wildman–Crippen LogP) is 0.136. The molecule has 1 atom stereocenters. The number of nitrogens with zero attached hydrogens (tertiary/aromatic N) is 2. The predicted molar refractivity (Wildman–Crippen MR) is 127 cm³/mol. The summed E-state index contributed by atoms with van der Waals surface area (Å²) in [5.41, 5.74) is 5.61. The van der Waals surface area contributed by atoms with Crippen molar-refractivity contribution in [1.82, 2.24) is 9.13 Å². The number of nitrogen functional groups attached to an aromatic ring is 1. The van der Waals surface area contributed by atoms with E-state index < -0.39 is 28.8 Å². The van der Waals surface area contributed by atoms with E-state index in [9.17, 15) is 23.6 Å². The third-order valence-electron chi connectivity index (χ3n) is 5.28. The van der Waals surface area contributed by atoms with E-state index in [1.807, 2.05) is 30.3 Å². The monoisotopic (exact) mass is 468 g/mol. The fourth-order valence-electron chi connectivity index (χ4n) is 3.65. The lowest BCUT2D eigenvalue weighted by atomic mass is 10.1. The van der Waals surface area contributed by atoms with Crippen LogP contribution >= 0.6 is 0 Å². The first-order chi connectivity index (χ1) is 16.2. The molecule has 1 heterocycles. The average Bonchev–Trinajstić information content (AvgIpc) is 2.77. The number of hydrogen-bond donors (Lipinski definition) is 3. The normalized spacial score (nSPS) is 11.7. The minimum atomic E-state index is -0.753. The second-order valence-electron chi connectivity index (χ2n) is 7.96.